The first-order valence-electron chi connectivity index (χ1n) is 8.59. The number of rotatable bonds is 4. The van der Waals surface area contributed by atoms with Crippen LogP contribution >= 0.6 is 0 Å². The quantitative estimate of drug-likeness (QED) is 0.840. The van der Waals surface area contributed by atoms with E-state index in [2.05, 4.69) is 10.1 Å². The summed E-state index contributed by atoms with van der Waals surface area (Å²) in [5.74, 6) is 1.69. The summed E-state index contributed by atoms with van der Waals surface area (Å²) in [6.45, 7) is 3.87. The summed E-state index contributed by atoms with van der Waals surface area (Å²) in [5, 5.41) is 4.11. The average molecular weight is 318 g/mol. The molecule has 1 aromatic rings. The van der Waals surface area contributed by atoms with E-state index in [0.717, 1.165) is 25.7 Å². The van der Waals surface area contributed by atoms with E-state index in [1.807, 2.05) is 11.8 Å². The van der Waals surface area contributed by atoms with Gasteiger partial charge in [0.1, 0.15) is 0 Å². The number of carbonyl (C=O) groups is 2. The van der Waals surface area contributed by atoms with E-state index < -0.39 is 0 Å². The number of aromatic nitrogens is 2. The van der Waals surface area contributed by atoms with Crippen LogP contribution in [0.4, 0.5) is 0 Å². The lowest BCUT2D eigenvalue weighted by Crippen LogP contribution is -2.37. The molecule has 2 atom stereocenters. The van der Waals surface area contributed by atoms with E-state index >= 15 is 0 Å². The predicted octanol–water partition coefficient (Wildman–Crippen LogP) is 1.48. The van der Waals surface area contributed by atoms with Crippen LogP contribution in [0.1, 0.15) is 62.7 Å². The molecule has 7 heteroatoms. The molecule has 0 spiro atoms. The Labute approximate surface area is 135 Å². The Morgan fingerprint density at radius 3 is 2.87 bits per heavy atom. The van der Waals surface area contributed by atoms with Gasteiger partial charge in [-0.25, -0.2) is 0 Å². The maximum absolute atomic E-state index is 12.9. The smallest absolute Gasteiger partial charge is 0.229 e. The molecule has 0 N–H and O–H groups in total. The van der Waals surface area contributed by atoms with Gasteiger partial charge in [-0.3, -0.25) is 9.59 Å². The lowest BCUT2D eigenvalue weighted by molar-refractivity contribution is -0.136. The third kappa shape index (κ3) is 2.62. The molecule has 0 radical (unpaired) electrons. The van der Waals surface area contributed by atoms with Gasteiger partial charge in [-0.1, -0.05) is 5.16 Å². The summed E-state index contributed by atoms with van der Waals surface area (Å²) in [4.78, 5) is 32.9. The Kier molecular flexibility index (Phi) is 3.58. The zero-order valence-electron chi connectivity index (χ0n) is 13.4. The highest BCUT2D eigenvalue weighted by atomic mass is 16.5. The summed E-state index contributed by atoms with van der Waals surface area (Å²) in [6, 6.07) is -0.0930. The van der Waals surface area contributed by atoms with Crippen molar-refractivity contribution < 1.29 is 14.1 Å². The molecule has 0 aromatic carbocycles. The normalized spacial score (nSPS) is 28.0. The lowest BCUT2D eigenvalue weighted by atomic mass is 10.1. The number of hydrogen-bond acceptors (Lipinski definition) is 5. The molecule has 23 heavy (non-hydrogen) atoms. The monoisotopic (exact) mass is 318 g/mol. The topological polar surface area (TPSA) is 79.5 Å². The summed E-state index contributed by atoms with van der Waals surface area (Å²) < 4.78 is 5.34. The van der Waals surface area contributed by atoms with Gasteiger partial charge in [0.2, 0.25) is 17.7 Å². The lowest BCUT2D eigenvalue weighted by Gasteiger charge is -2.25. The van der Waals surface area contributed by atoms with E-state index in [9.17, 15) is 9.59 Å². The highest BCUT2D eigenvalue weighted by Crippen LogP contribution is 2.40. The van der Waals surface area contributed by atoms with Gasteiger partial charge in [-0.05, 0) is 32.6 Å². The molecule has 2 aliphatic heterocycles. The second-order valence-electron chi connectivity index (χ2n) is 6.79. The highest BCUT2D eigenvalue weighted by Gasteiger charge is 2.41. The van der Waals surface area contributed by atoms with Crippen molar-refractivity contribution in [2.75, 3.05) is 19.6 Å². The van der Waals surface area contributed by atoms with Crippen LogP contribution in [-0.4, -0.2) is 51.4 Å². The maximum Gasteiger partial charge on any atom is 0.229 e. The minimum absolute atomic E-state index is 0.0644. The Morgan fingerprint density at radius 1 is 1.35 bits per heavy atom. The van der Waals surface area contributed by atoms with Gasteiger partial charge in [0, 0.05) is 32.0 Å². The third-order valence-electron chi connectivity index (χ3n) is 5.16. The Bertz CT molecular complexity index is 625. The zero-order valence-corrected chi connectivity index (χ0v) is 13.4. The molecule has 2 amide bonds. The molecule has 2 saturated heterocycles. The number of likely N-dealkylation sites (tertiary alicyclic amines) is 2. The molecule has 0 unspecified atom stereocenters. The molecule has 1 saturated carbocycles. The molecule has 7 nitrogen and oxygen atoms in total. The summed E-state index contributed by atoms with van der Waals surface area (Å²) in [7, 11) is 0. The van der Waals surface area contributed by atoms with E-state index in [4.69, 9.17) is 4.52 Å². The molecule has 1 aromatic heterocycles. The molecule has 1 aliphatic carbocycles. The standard InChI is InChI=1S/C16H22N4O3/c1-2-19-9-11(8-13(19)21)16(22)20-7-3-4-12(20)14-17-15(23-18-14)10-5-6-10/h10-12H,2-9H2,1H3/t11-,12-/m0/s1. The van der Waals surface area contributed by atoms with Gasteiger partial charge in [-0.15, -0.1) is 0 Å². The molecule has 124 valence electrons. The van der Waals surface area contributed by atoms with Crippen LogP contribution in [0.5, 0.6) is 0 Å². The largest absolute Gasteiger partial charge is 0.342 e. The van der Waals surface area contributed by atoms with Gasteiger partial charge in [0.15, 0.2) is 5.82 Å². The van der Waals surface area contributed by atoms with Crippen molar-refractivity contribution in [3.8, 4) is 0 Å². The van der Waals surface area contributed by atoms with E-state index in [-0.39, 0.29) is 23.8 Å². The molecule has 3 fully saturated rings. The Hall–Kier alpha value is -1.92. The van der Waals surface area contributed by atoms with E-state index in [0.29, 0.717) is 43.7 Å². The van der Waals surface area contributed by atoms with Crippen LogP contribution in [0.3, 0.4) is 0 Å². The number of carbonyl (C=O) groups excluding carboxylic acids is 2. The molecule has 4 rings (SSSR count). The van der Waals surface area contributed by atoms with Crippen LogP contribution in [0.15, 0.2) is 4.52 Å². The average Bonchev–Trinajstić information content (AvgIpc) is 2.99. The van der Waals surface area contributed by atoms with Crippen LogP contribution in [0.2, 0.25) is 0 Å². The number of amides is 2. The summed E-state index contributed by atoms with van der Waals surface area (Å²) >= 11 is 0. The van der Waals surface area contributed by atoms with Crippen LogP contribution in [0.25, 0.3) is 0 Å². The number of hydrogen-bond donors (Lipinski definition) is 0. The van der Waals surface area contributed by atoms with Gasteiger partial charge in [0.25, 0.3) is 0 Å². The van der Waals surface area contributed by atoms with Crippen molar-refractivity contribution in [2.45, 2.75) is 51.0 Å². The van der Waals surface area contributed by atoms with Crippen molar-refractivity contribution in [1.29, 1.82) is 0 Å². The molecule has 0 bridgehead atoms. The minimum atomic E-state index is -0.224. The fraction of sp³-hybridized carbons (Fsp3) is 0.750. The van der Waals surface area contributed by atoms with Gasteiger partial charge in [0.05, 0.1) is 12.0 Å². The molecular weight excluding hydrogens is 296 g/mol. The van der Waals surface area contributed by atoms with Crippen LogP contribution in [-0.2, 0) is 9.59 Å². The van der Waals surface area contributed by atoms with E-state index in [1.54, 1.807) is 4.90 Å². The highest BCUT2D eigenvalue weighted by molar-refractivity contribution is 5.89. The van der Waals surface area contributed by atoms with Gasteiger partial charge in [-0.2, -0.15) is 4.98 Å². The predicted molar refractivity (Wildman–Crippen MR) is 80.3 cm³/mol. The van der Waals surface area contributed by atoms with Crippen molar-refractivity contribution in [1.82, 2.24) is 19.9 Å². The van der Waals surface area contributed by atoms with Crippen LogP contribution < -0.4 is 0 Å². The Balaban J connectivity index is 1.48. The molecular formula is C16H22N4O3. The van der Waals surface area contributed by atoms with Crippen molar-refractivity contribution >= 4 is 11.8 Å². The van der Waals surface area contributed by atoms with Crippen LogP contribution in [0, 0.1) is 5.92 Å². The first-order valence-corrected chi connectivity index (χ1v) is 8.59. The number of nitrogens with zero attached hydrogens (tertiary/aromatic N) is 4. The van der Waals surface area contributed by atoms with Crippen molar-refractivity contribution in [3.63, 3.8) is 0 Å². The summed E-state index contributed by atoms with van der Waals surface area (Å²) in [6.07, 6.45) is 4.38. The fourth-order valence-electron chi connectivity index (χ4n) is 3.66. The SMILES string of the molecule is CCN1C[C@@H](C(=O)N2CCC[C@H]2c2noc(C3CC3)n2)CC1=O. The second-order valence-corrected chi connectivity index (χ2v) is 6.79. The van der Waals surface area contributed by atoms with Crippen molar-refractivity contribution in [2.24, 2.45) is 5.92 Å². The van der Waals surface area contributed by atoms with Gasteiger partial charge >= 0.3 is 0 Å². The zero-order chi connectivity index (χ0) is 16.0. The van der Waals surface area contributed by atoms with Gasteiger partial charge < -0.3 is 14.3 Å². The van der Waals surface area contributed by atoms with E-state index in [1.165, 1.54) is 0 Å². The molecule has 3 aliphatic rings. The maximum atomic E-state index is 12.9. The fourth-order valence-corrected chi connectivity index (χ4v) is 3.66. The Morgan fingerprint density at radius 2 is 2.17 bits per heavy atom. The first-order chi connectivity index (χ1) is 11.2. The minimum Gasteiger partial charge on any atom is -0.342 e. The second kappa shape index (κ2) is 5.62. The molecule has 3 heterocycles. The first kappa shape index (κ1) is 14.7. The summed E-state index contributed by atoms with van der Waals surface area (Å²) in [5.41, 5.74) is 0. The third-order valence-corrected chi connectivity index (χ3v) is 5.16. The van der Waals surface area contributed by atoms with Crippen molar-refractivity contribution in [3.05, 3.63) is 11.7 Å².